The van der Waals surface area contributed by atoms with Crippen molar-refractivity contribution in [2.75, 3.05) is 0 Å². The van der Waals surface area contributed by atoms with Crippen LogP contribution in [-0.4, -0.2) is 11.1 Å². The Bertz CT molecular complexity index is 258. The topological polar surface area (TPSA) is 37.3 Å². The Kier molecular flexibility index (Phi) is 13.7. The molecule has 0 radical (unpaired) electrons. The van der Waals surface area contributed by atoms with Gasteiger partial charge in [0, 0.05) is 6.42 Å². The van der Waals surface area contributed by atoms with Crippen molar-refractivity contribution >= 4 is 5.97 Å². The molecule has 0 aliphatic rings. The number of carboxylic acids is 1. The summed E-state index contributed by atoms with van der Waals surface area (Å²) < 4.78 is 0. The summed E-state index contributed by atoms with van der Waals surface area (Å²) in [5.41, 5.74) is 0.546. The largest absolute Gasteiger partial charge is 0.481 e. The zero-order valence-corrected chi connectivity index (χ0v) is 15.5. The summed E-state index contributed by atoms with van der Waals surface area (Å²) in [5, 5.41) is 8.54. The van der Waals surface area contributed by atoms with Gasteiger partial charge in [-0.05, 0) is 18.3 Å². The van der Waals surface area contributed by atoms with Gasteiger partial charge in [-0.2, -0.15) is 0 Å². The van der Waals surface area contributed by atoms with E-state index < -0.39 is 5.97 Å². The van der Waals surface area contributed by atoms with Gasteiger partial charge in [-0.3, -0.25) is 4.79 Å². The van der Waals surface area contributed by atoms with Gasteiger partial charge >= 0.3 is 5.97 Å². The minimum Gasteiger partial charge on any atom is -0.481 e. The Hall–Kier alpha value is -0.530. The smallest absolute Gasteiger partial charge is 0.303 e. The van der Waals surface area contributed by atoms with Gasteiger partial charge in [-0.25, -0.2) is 0 Å². The van der Waals surface area contributed by atoms with Gasteiger partial charge in [0.15, 0.2) is 0 Å². The molecule has 0 atom stereocenters. The lowest BCUT2D eigenvalue weighted by Crippen LogP contribution is -2.08. The molecule has 132 valence electrons. The summed E-state index contributed by atoms with van der Waals surface area (Å²) in [5.74, 6) is -0.654. The number of hydrogen-bond donors (Lipinski definition) is 1. The molecule has 0 aromatic rings. The molecule has 0 heterocycles. The van der Waals surface area contributed by atoms with Crippen LogP contribution in [0.3, 0.4) is 0 Å². The molecule has 1 N–H and O–H groups in total. The number of aliphatic carboxylic acids is 1. The van der Waals surface area contributed by atoms with E-state index in [4.69, 9.17) is 5.11 Å². The zero-order valence-electron chi connectivity index (χ0n) is 15.5. The Morgan fingerprint density at radius 2 is 1.09 bits per heavy atom. The molecule has 0 aromatic heterocycles. The Balaban J connectivity index is 3.10. The standard InChI is InChI=1S/C20H40O2/c1-4-20(2,3)18-16-14-12-10-8-6-5-7-9-11-13-15-17-19(21)22/h4-18H2,1-3H3,(H,21,22). The van der Waals surface area contributed by atoms with E-state index in [0.717, 1.165) is 12.8 Å². The molecule has 0 spiro atoms. The lowest BCUT2D eigenvalue weighted by molar-refractivity contribution is -0.137. The van der Waals surface area contributed by atoms with Crippen LogP contribution in [0.25, 0.3) is 0 Å². The second-order valence-electron chi connectivity index (χ2n) is 7.65. The van der Waals surface area contributed by atoms with Crippen molar-refractivity contribution in [1.82, 2.24) is 0 Å². The number of carbonyl (C=O) groups is 1. The third-order valence-corrected chi connectivity index (χ3v) is 4.95. The van der Waals surface area contributed by atoms with E-state index in [1.807, 2.05) is 0 Å². The van der Waals surface area contributed by atoms with Crippen LogP contribution in [0.2, 0.25) is 0 Å². The average molecular weight is 313 g/mol. The van der Waals surface area contributed by atoms with Gasteiger partial charge in [0.2, 0.25) is 0 Å². The van der Waals surface area contributed by atoms with E-state index in [2.05, 4.69) is 20.8 Å². The summed E-state index contributed by atoms with van der Waals surface area (Å²) in [6.07, 6.45) is 18.6. The summed E-state index contributed by atoms with van der Waals surface area (Å²) in [6, 6.07) is 0. The molecule has 2 nitrogen and oxygen atoms in total. The Morgan fingerprint density at radius 1 is 0.727 bits per heavy atom. The molecule has 0 saturated carbocycles. The predicted octanol–water partition coefficient (Wildman–Crippen LogP) is 6.97. The third-order valence-electron chi connectivity index (χ3n) is 4.95. The first-order valence-corrected chi connectivity index (χ1v) is 9.70. The van der Waals surface area contributed by atoms with Crippen molar-refractivity contribution in [2.24, 2.45) is 5.41 Å². The molecule has 0 unspecified atom stereocenters. The highest BCUT2D eigenvalue weighted by Gasteiger charge is 2.13. The first-order valence-electron chi connectivity index (χ1n) is 9.70. The molecule has 0 amide bonds. The predicted molar refractivity (Wildman–Crippen MR) is 96.3 cm³/mol. The Morgan fingerprint density at radius 3 is 1.45 bits per heavy atom. The minimum atomic E-state index is -0.654. The van der Waals surface area contributed by atoms with Crippen molar-refractivity contribution in [3.05, 3.63) is 0 Å². The molecule has 0 aliphatic heterocycles. The molecular weight excluding hydrogens is 272 g/mol. The number of rotatable bonds is 16. The molecule has 0 rings (SSSR count). The van der Waals surface area contributed by atoms with Crippen LogP contribution >= 0.6 is 0 Å². The lowest BCUT2D eigenvalue weighted by atomic mass is 9.84. The number of hydrogen-bond acceptors (Lipinski definition) is 1. The molecule has 2 heteroatoms. The summed E-state index contributed by atoms with van der Waals surface area (Å²) in [6.45, 7) is 7.06. The van der Waals surface area contributed by atoms with E-state index in [9.17, 15) is 4.79 Å². The van der Waals surface area contributed by atoms with Crippen LogP contribution in [0.15, 0.2) is 0 Å². The molecule has 22 heavy (non-hydrogen) atoms. The molecular formula is C20H40O2. The van der Waals surface area contributed by atoms with Gasteiger partial charge in [-0.1, -0.05) is 97.8 Å². The summed E-state index contributed by atoms with van der Waals surface area (Å²) in [7, 11) is 0. The van der Waals surface area contributed by atoms with Gasteiger partial charge in [0.25, 0.3) is 0 Å². The van der Waals surface area contributed by atoms with Crippen molar-refractivity contribution < 1.29 is 9.90 Å². The number of carboxylic acid groups (broad SMARTS) is 1. The van der Waals surface area contributed by atoms with Crippen molar-refractivity contribution in [3.63, 3.8) is 0 Å². The quantitative estimate of drug-likeness (QED) is 0.312. The van der Waals surface area contributed by atoms with Gasteiger partial charge in [-0.15, -0.1) is 0 Å². The van der Waals surface area contributed by atoms with Crippen LogP contribution < -0.4 is 0 Å². The van der Waals surface area contributed by atoms with Gasteiger partial charge in [0.05, 0.1) is 0 Å². The van der Waals surface area contributed by atoms with E-state index in [0.29, 0.717) is 11.8 Å². The summed E-state index contributed by atoms with van der Waals surface area (Å²) >= 11 is 0. The van der Waals surface area contributed by atoms with Crippen molar-refractivity contribution in [2.45, 2.75) is 117 Å². The third kappa shape index (κ3) is 15.9. The van der Waals surface area contributed by atoms with E-state index in [1.165, 1.54) is 77.0 Å². The highest BCUT2D eigenvalue weighted by molar-refractivity contribution is 5.66. The normalized spacial score (nSPS) is 11.8. The van der Waals surface area contributed by atoms with E-state index in [-0.39, 0.29) is 0 Å². The molecule has 0 aromatic carbocycles. The fourth-order valence-corrected chi connectivity index (χ4v) is 2.82. The maximum absolute atomic E-state index is 10.4. The maximum Gasteiger partial charge on any atom is 0.303 e. The van der Waals surface area contributed by atoms with Crippen LogP contribution in [0.4, 0.5) is 0 Å². The second-order valence-corrected chi connectivity index (χ2v) is 7.65. The molecule has 0 aliphatic carbocycles. The van der Waals surface area contributed by atoms with Crippen molar-refractivity contribution in [1.29, 1.82) is 0 Å². The second kappa shape index (κ2) is 14.1. The Labute approximate surface area is 139 Å². The summed E-state index contributed by atoms with van der Waals surface area (Å²) in [4.78, 5) is 10.4. The highest BCUT2D eigenvalue weighted by Crippen LogP contribution is 2.27. The zero-order chi connectivity index (χ0) is 16.7. The average Bonchev–Trinajstić information content (AvgIpc) is 2.47. The molecule has 0 bridgehead atoms. The first-order chi connectivity index (χ1) is 10.5. The number of unbranched alkanes of at least 4 members (excludes halogenated alkanes) is 11. The first kappa shape index (κ1) is 21.5. The monoisotopic (exact) mass is 312 g/mol. The SMILES string of the molecule is CCC(C)(C)CCCCCCCCCCCCCCC(=O)O. The van der Waals surface area contributed by atoms with Gasteiger partial charge < -0.3 is 5.11 Å². The van der Waals surface area contributed by atoms with Crippen LogP contribution in [-0.2, 0) is 4.79 Å². The van der Waals surface area contributed by atoms with E-state index >= 15 is 0 Å². The highest BCUT2D eigenvalue weighted by atomic mass is 16.4. The molecule has 0 saturated heterocycles. The van der Waals surface area contributed by atoms with Crippen molar-refractivity contribution in [3.8, 4) is 0 Å². The minimum absolute atomic E-state index is 0.343. The van der Waals surface area contributed by atoms with Gasteiger partial charge in [0.1, 0.15) is 0 Å². The van der Waals surface area contributed by atoms with Crippen LogP contribution in [0, 0.1) is 5.41 Å². The molecule has 0 fully saturated rings. The van der Waals surface area contributed by atoms with Crippen LogP contribution in [0.5, 0.6) is 0 Å². The van der Waals surface area contributed by atoms with Crippen LogP contribution in [0.1, 0.15) is 117 Å². The lowest BCUT2D eigenvalue weighted by Gasteiger charge is -2.22. The fourth-order valence-electron chi connectivity index (χ4n) is 2.82. The fraction of sp³-hybridized carbons (Fsp3) is 0.950. The van der Waals surface area contributed by atoms with E-state index in [1.54, 1.807) is 0 Å². The maximum atomic E-state index is 10.4.